The van der Waals surface area contributed by atoms with Crippen LogP contribution in [-0.2, 0) is 13.1 Å². The van der Waals surface area contributed by atoms with Crippen molar-refractivity contribution in [3.63, 3.8) is 0 Å². The van der Waals surface area contributed by atoms with Gasteiger partial charge in [-0.15, -0.1) is 23.5 Å². The molecule has 5 aliphatic heterocycles. The first-order valence-corrected chi connectivity index (χ1v) is 20.4. The van der Waals surface area contributed by atoms with Crippen molar-refractivity contribution in [2.75, 3.05) is 17.0 Å². The predicted octanol–water partition coefficient (Wildman–Crippen LogP) is 8.85. The third kappa shape index (κ3) is 4.28. The van der Waals surface area contributed by atoms with Crippen LogP contribution in [0.2, 0.25) is 0 Å². The topological polar surface area (TPSA) is 65.9 Å². The first kappa shape index (κ1) is 32.4. The van der Waals surface area contributed by atoms with E-state index in [4.69, 9.17) is 0 Å². The molecule has 6 heterocycles. The number of thioether (sulfide) groups is 3. The molecule has 0 N–H and O–H groups in total. The van der Waals surface area contributed by atoms with Crippen LogP contribution in [0.1, 0.15) is 91.0 Å². The zero-order valence-corrected chi connectivity index (χ0v) is 32.1. The van der Waals surface area contributed by atoms with Crippen LogP contribution in [0.3, 0.4) is 0 Å². The van der Waals surface area contributed by atoms with Gasteiger partial charge in [0.25, 0.3) is 0 Å². The fourth-order valence-electron chi connectivity index (χ4n) is 7.61. The second-order valence-electron chi connectivity index (χ2n) is 13.7. The molecule has 5 aliphatic rings. The Balaban J connectivity index is 1.59. The summed E-state index contributed by atoms with van der Waals surface area (Å²) >= 11 is 5.84. The largest absolute Gasteiger partial charge is 0.376 e. The van der Waals surface area contributed by atoms with Crippen molar-refractivity contribution >= 4 is 78.8 Å². The first-order chi connectivity index (χ1) is 21.7. The minimum atomic E-state index is -0.699. The van der Waals surface area contributed by atoms with Gasteiger partial charge in [-0.05, 0) is 110 Å². The number of anilines is 1. The molecule has 0 bridgehead atoms. The minimum Gasteiger partial charge on any atom is -0.376 e. The standard InChI is InChI=1S/C34H40N4O3S5/c1-11-33(9)29-25(34(19(7)20(8)42-29)43-27(16(2)3)28(44-34)17(4)5)22-12-21-14-35(10)13-18(6)24(21)23-15-36(30(39)37(33)26(22)23)38-31(40)45-46-32(38)41/h12-13,16-17H,11,14-15H2,1-10H3. The predicted molar refractivity (Wildman–Crippen MR) is 200 cm³/mol. The lowest BCUT2D eigenvalue weighted by Gasteiger charge is -2.55. The summed E-state index contributed by atoms with van der Waals surface area (Å²) in [5.41, 5.74) is 8.51. The van der Waals surface area contributed by atoms with Gasteiger partial charge in [0.15, 0.2) is 0 Å². The zero-order valence-electron chi connectivity index (χ0n) is 28.0. The molecule has 1 unspecified atom stereocenters. The first-order valence-electron chi connectivity index (χ1n) is 15.8. The molecule has 2 amide bonds. The highest BCUT2D eigenvalue weighted by molar-refractivity contribution is 8.25. The number of carbonyl (C=O) groups is 1. The number of allylic oxidation sites excluding steroid dienone is 4. The number of nitrogens with zero attached hydrogens (tertiary/aromatic N) is 4. The van der Waals surface area contributed by atoms with Gasteiger partial charge < -0.3 is 4.90 Å². The highest BCUT2D eigenvalue weighted by Gasteiger charge is 2.59. The number of hydrogen-bond donors (Lipinski definition) is 0. The Morgan fingerprint density at radius 2 is 1.54 bits per heavy atom. The Kier molecular flexibility index (Phi) is 7.72. The van der Waals surface area contributed by atoms with Crippen LogP contribution in [0.5, 0.6) is 0 Å². The molecule has 12 heteroatoms. The smallest absolute Gasteiger partial charge is 0.345 e. The number of rotatable bonds is 4. The molecule has 2 aromatic rings. The summed E-state index contributed by atoms with van der Waals surface area (Å²) in [5.74, 6) is 0.804. The summed E-state index contributed by atoms with van der Waals surface area (Å²) < 4.78 is 0.711. The summed E-state index contributed by atoms with van der Waals surface area (Å²) in [6.45, 7) is 21.1. The number of carbonyl (C=O) groups excluding carboxylic acids is 1. The summed E-state index contributed by atoms with van der Waals surface area (Å²) in [7, 11) is 3.86. The lowest BCUT2D eigenvalue weighted by molar-refractivity contribution is 0.237. The van der Waals surface area contributed by atoms with E-state index < -0.39 is 15.3 Å². The quantitative estimate of drug-likeness (QED) is 0.294. The summed E-state index contributed by atoms with van der Waals surface area (Å²) in [4.78, 5) is 49.7. The van der Waals surface area contributed by atoms with Crippen LogP contribution in [0.15, 0.2) is 47.0 Å². The summed E-state index contributed by atoms with van der Waals surface area (Å²) in [6, 6.07) is 2.04. The molecule has 1 aromatic carbocycles. The molecule has 0 fully saturated rings. The average Bonchev–Trinajstić information content (AvgIpc) is 3.55. The molecule has 7 rings (SSSR count). The van der Waals surface area contributed by atoms with Gasteiger partial charge in [0.2, 0.25) is 0 Å². The Labute approximate surface area is 290 Å². The molecule has 0 saturated heterocycles. The van der Waals surface area contributed by atoms with Gasteiger partial charge in [-0.1, -0.05) is 46.4 Å². The van der Waals surface area contributed by atoms with Crippen LogP contribution >= 0.6 is 56.0 Å². The van der Waals surface area contributed by atoms with E-state index in [-0.39, 0.29) is 16.7 Å². The van der Waals surface area contributed by atoms with E-state index in [2.05, 4.69) is 86.5 Å². The van der Waals surface area contributed by atoms with Crippen molar-refractivity contribution in [3.05, 3.63) is 79.0 Å². The molecule has 0 aliphatic carbocycles. The molecular formula is C34H40N4O3S5. The number of benzene rings is 1. The van der Waals surface area contributed by atoms with Crippen LogP contribution in [0.4, 0.5) is 10.5 Å². The van der Waals surface area contributed by atoms with Crippen molar-refractivity contribution in [3.8, 4) is 0 Å². The lowest BCUT2D eigenvalue weighted by atomic mass is 9.77. The highest BCUT2D eigenvalue weighted by Crippen LogP contribution is 2.73. The van der Waals surface area contributed by atoms with E-state index >= 15 is 0 Å². The molecule has 0 saturated carbocycles. The second-order valence-corrected chi connectivity index (χ2v) is 19.7. The molecular weight excluding hydrogens is 673 g/mol. The Hall–Kier alpha value is -2.12. The maximum Gasteiger partial charge on any atom is 0.345 e. The van der Waals surface area contributed by atoms with Gasteiger partial charge in [-0.2, -0.15) is 4.68 Å². The third-order valence-corrected chi connectivity index (χ3v) is 17.3. The van der Waals surface area contributed by atoms with Gasteiger partial charge in [-0.3, -0.25) is 14.5 Å². The fraction of sp³-hybridized carbons (Fsp3) is 0.500. The molecule has 7 nitrogen and oxygen atoms in total. The van der Waals surface area contributed by atoms with Gasteiger partial charge in [0.05, 0.1) is 17.8 Å². The number of fused-ring (bicyclic) bond motifs is 4. The molecule has 1 aromatic heterocycles. The SMILES string of the molecule is CCC1(C)C2=C(c3cc4c(c5c3N1C(=O)N(n1c(=O)ssc1=O)C5)C(C)=CN(C)C4)C1(SC(C(C)C)=C(C(C)C)S1)C(C)=C(C)S2. The molecule has 1 spiro atoms. The van der Waals surface area contributed by atoms with E-state index in [9.17, 15) is 14.4 Å². The van der Waals surface area contributed by atoms with E-state index in [1.54, 1.807) is 11.8 Å². The second kappa shape index (κ2) is 10.9. The minimum absolute atomic E-state index is 0.164. The van der Waals surface area contributed by atoms with Crippen LogP contribution in [-0.4, -0.2) is 32.3 Å². The van der Waals surface area contributed by atoms with E-state index in [1.165, 1.54) is 41.3 Å². The lowest BCUT2D eigenvalue weighted by Crippen LogP contribution is -2.65. The average molecular weight is 713 g/mol. The van der Waals surface area contributed by atoms with Crippen molar-refractivity contribution < 1.29 is 4.79 Å². The van der Waals surface area contributed by atoms with Crippen molar-refractivity contribution in [2.24, 2.45) is 11.8 Å². The number of aromatic nitrogens is 1. The number of amides is 2. The monoisotopic (exact) mass is 712 g/mol. The Morgan fingerprint density at radius 1 is 0.935 bits per heavy atom. The molecule has 0 radical (unpaired) electrons. The van der Waals surface area contributed by atoms with E-state index in [0.29, 0.717) is 18.3 Å². The van der Waals surface area contributed by atoms with Gasteiger partial charge in [0, 0.05) is 41.4 Å². The molecule has 46 heavy (non-hydrogen) atoms. The third-order valence-electron chi connectivity index (χ3n) is 10.00. The number of hydrogen-bond acceptors (Lipinski definition) is 9. The maximum absolute atomic E-state index is 14.9. The van der Waals surface area contributed by atoms with Crippen LogP contribution in [0, 0.1) is 11.8 Å². The van der Waals surface area contributed by atoms with Crippen molar-refractivity contribution in [2.45, 2.75) is 91.4 Å². The Bertz CT molecular complexity index is 1930. The molecule has 244 valence electrons. The van der Waals surface area contributed by atoms with Gasteiger partial charge in [-0.25, -0.2) is 9.80 Å². The van der Waals surface area contributed by atoms with E-state index in [1.807, 2.05) is 28.4 Å². The van der Waals surface area contributed by atoms with Gasteiger partial charge >= 0.3 is 15.8 Å². The van der Waals surface area contributed by atoms with Crippen LogP contribution in [0.25, 0.3) is 11.1 Å². The van der Waals surface area contributed by atoms with Crippen molar-refractivity contribution in [1.29, 1.82) is 0 Å². The highest BCUT2D eigenvalue weighted by atomic mass is 32.9. The van der Waals surface area contributed by atoms with Gasteiger partial charge in [0.1, 0.15) is 4.08 Å². The summed E-state index contributed by atoms with van der Waals surface area (Å²) in [5, 5.41) is 1.40. The zero-order chi connectivity index (χ0) is 33.2. The normalized spacial score (nSPS) is 23.7. The Morgan fingerprint density at radius 3 is 2.11 bits per heavy atom. The summed E-state index contributed by atoms with van der Waals surface area (Å²) in [6.07, 6.45) is 2.84. The fourth-order valence-corrected chi connectivity index (χ4v) is 14.8. The molecule has 1 atom stereocenters. The van der Waals surface area contributed by atoms with Crippen molar-refractivity contribution in [1.82, 2.24) is 9.58 Å². The van der Waals surface area contributed by atoms with Crippen LogP contribution < -0.4 is 19.7 Å². The van der Waals surface area contributed by atoms with E-state index in [0.717, 1.165) is 59.9 Å². The maximum atomic E-state index is 14.9. The number of urea groups is 1.